The van der Waals surface area contributed by atoms with E-state index >= 15 is 0 Å². The zero-order valence-electron chi connectivity index (χ0n) is 20.8. The van der Waals surface area contributed by atoms with Gasteiger partial charge in [0.05, 0.1) is 0 Å². The molecule has 2 aliphatic heterocycles. The first-order chi connectivity index (χ1) is 17.3. The van der Waals surface area contributed by atoms with Crippen molar-refractivity contribution >= 4 is 35.0 Å². The van der Waals surface area contributed by atoms with E-state index in [2.05, 4.69) is 15.6 Å². The highest BCUT2D eigenvalue weighted by Gasteiger charge is 2.26. The van der Waals surface area contributed by atoms with Crippen LogP contribution in [0.2, 0.25) is 0 Å². The Hall–Kier alpha value is -3.75. The second-order valence-corrected chi connectivity index (χ2v) is 9.73. The van der Waals surface area contributed by atoms with Crippen molar-refractivity contribution in [1.29, 1.82) is 0 Å². The van der Waals surface area contributed by atoms with E-state index in [0.717, 1.165) is 36.9 Å². The molecule has 4 rings (SSSR count). The number of carbonyl (C=O) groups excluding carboxylic acids is 4. The van der Waals surface area contributed by atoms with Crippen molar-refractivity contribution in [2.45, 2.75) is 39.5 Å². The van der Waals surface area contributed by atoms with Crippen LogP contribution in [0.1, 0.15) is 49.0 Å². The Bertz CT molecular complexity index is 1130. The maximum absolute atomic E-state index is 12.6. The van der Waals surface area contributed by atoms with E-state index in [-0.39, 0.29) is 23.7 Å². The summed E-state index contributed by atoms with van der Waals surface area (Å²) in [7, 11) is 0. The van der Waals surface area contributed by atoms with E-state index in [1.165, 1.54) is 0 Å². The molecule has 0 atom stereocenters. The zero-order valence-corrected chi connectivity index (χ0v) is 20.8. The van der Waals surface area contributed by atoms with Crippen LogP contribution in [0, 0.1) is 11.8 Å². The molecule has 190 valence electrons. The van der Waals surface area contributed by atoms with Crippen molar-refractivity contribution in [3.63, 3.8) is 0 Å². The van der Waals surface area contributed by atoms with Crippen LogP contribution in [-0.2, 0) is 20.8 Å². The Labute approximate surface area is 211 Å². The largest absolute Gasteiger partial charge is 0.348 e. The Kier molecular flexibility index (Phi) is 7.97. The minimum Gasteiger partial charge on any atom is -0.348 e. The van der Waals surface area contributed by atoms with Crippen molar-refractivity contribution in [2.24, 2.45) is 11.8 Å². The first-order valence-corrected chi connectivity index (χ1v) is 12.6. The number of hydrogen-bond donors (Lipinski definition) is 2. The number of nitrogens with zero attached hydrogens (tertiary/aromatic N) is 3. The molecular weight excluding hydrogens is 458 g/mol. The maximum atomic E-state index is 12.6. The van der Waals surface area contributed by atoms with Crippen molar-refractivity contribution in [3.05, 3.63) is 53.9 Å². The molecule has 1 aromatic carbocycles. The molecule has 1 fully saturated rings. The number of amides is 4. The predicted octanol–water partition coefficient (Wildman–Crippen LogP) is 2.62. The highest BCUT2D eigenvalue weighted by atomic mass is 16.2. The van der Waals surface area contributed by atoms with Crippen molar-refractivity contribution in [3.8, 4) is 0 Å². The second kappa shape index (κ2) is 11.3. The van der Waals surface area contributed by atoms with Crippen molar-refractivity contribution in [1.82, 2.24) is 15.2 Å². The molecule has 0 spiro atoms. The number of aryl methyl sites for hydroxylation is 1. The van der Waals surface area contributed by atoms with Crippen molar-refractivity contribution in [2.75, 3.05) is 36.4 Å². The fraction of sp³-hybridized carbons (Fsp3) is 0.444. The summed E-state index contributed by atoms with van der Waals surface area (Å²) < 4.78 is 0. The molecule has 0 aliphatic carbocycles. The number of likely N-dealkylation sites (tertiary alicyclic amines) is 1. The number of piperidine rings is 1. The standard InChI is InChI=1S/C27H33N5O4/c1-18(2)26(35)32-13-3-4-20-5-6-22(16-23(20)32)30-25(34)24(33)29-17-19-9-14-31(15-10-19)27(36)21-7-11-28-12-8-21/h5-8,11-12,16,18-19H,3-4,9-10,13-15,17H2,1-2H3,(H,29,33)(H,30,34). The number of nitrogens with one attached hydrogen (secondary N) is 2. The lowest BCUT2D eigenvalue weighted by Crippen LogP contribution is -2.43. The first-order valence-electron chi connectivity index (χ1n) is 12.6. The van der Waals surface area contributed by atoms with Crippen molar-refractivity contribution < 1.29 is 19.2 Å². The van der Waals surface area contributed by atoms with E-state index < -0.39 is 11.8 Å². The molecule has 0 bridgehead atoms. The topological polar surface area (TPSA) is 112 Å². The van der Waals surface area contributed by atoms with Crippen LogP contribution in [0.3, 0.4) is 0 Å². The number of benzene rings is 1. The molecule has 2 N–H and O–H groups in total. The van der Waals surface area contributed by atoms with Gasteiger partial charge >= 0.3 is 11.8 Å². The van der Waals surface area contributed by atoms with Gasteiger partial charge in [-0.25, -0.2) is 0 Å². The SMILES string of the molecule is CC(C)C(=O)N1CCCc2ccc(NC(=O)C(=O)NCC3CCN(C(=O)c4ccncc4)CC3)cc21. The van der Waals surface area contributed by atoms with Crippen LogP contribution in [0.25, 0.3) is 0 Å². The zero-order chi connectivity index (χ0) is 25.7. The molecule has 9 nitrogen and oxygen atoms in total. The summed E-state index contributed by atoms with van der Waals surface area (Å²) in [5, 5.41) is 5.39. The average Bonchev–Trinajstić information content (AvgIpc) is 2.91. The number of rotatable bonds is 5. The highest BCUT2D eigenvalue weighted by molar-refractivity contribution is 6.39. The Morgan fingerprint density at radius 2 is 1.72 bits per heavy atom. The van der Waals surface area contributed by atoms with Gasteiger partial charge in [-0.05, 0) is 61.4 Å². The average molecular weight is 492 g/mol. The van der Waals surface area contributed by atoms with Gasteiger partial charge in [-0.2, -0.15) is 0 Å². The molecule has 2 aliphatic rings. The van der Waals surface area contributed by atoms with Crippen LogP contribution in [0.5, 0.6) is 0 Å². The fourth-order valence-electron chi connectivity index (χ4n) is 4.72. The quantitative estimate of drug-likeness (QED) is 0.625. The van der Waals surface area contributed by atoms with Gasteiger partial charge in [0.25, 0.3) is 5.91 Å². The molecule has 0 radical (unpaired) electrons. The molecule has 3 heterocycles. The molecule has 1 aromatic heterocycles. The highest BCUT2D eigenvalue weighted by Crippen LogP contribution is 2.31. The van der Waals surface area contributed by atoms with Gasteiger partial charge in [-0.3, -0.25) is 24.2 Å². The summed E-state index contributed by atoms with van der Waals surface area (Å²) in [5.74, 6) is -1.33. The van der Waals surface area contributed by atoms with Crippen LogP contribution in [0.4, 0.5) is 11.4 Å². The normalized spacial score (nSPS) is 15.9. The Balaban J connectivity index is 1.27. The van der Waals surface area contributed by atoms with E-state index in [1.807, 2.05) is 24.8 Å². The lowest BCUT2D eigenvalue weighted by molar-refractivity contribution is -0.136. The molecule has 36 heavy (non-hydrogen) atoms. The summed E-state index contributed by atoms with van der Waals surface area (Å²) in [6.45, 7) is 5.98. The number of aromatic nitrogens is 1. The van der Waals surface area contributed by atoms with E-state index in [9.17, 15) is 19.2 Å². The maximum Gasteiger partial charge on any atom is 0.313 e. The summed E-state index contributed by atoms with van der Waals surface area (Å²) in [5.41, 5.74) is 2.96. The summed E-state index contributed by atoms with van der Waals surface area (Å²) in [6, 6.07) is 8.85. The third kappa shape index (κ3) is 5.90. The fourth-order valence-corrected chi connectivity index (χ4v) is 4.72. The Morgan fingerprint density at radius 3 is 2.42 bits per heavy atom. The van der Waals surface area contributed by atoms with Crippen LogP contribution < -0.4 is 15.5 Å². The molecule has 2 aromatic rings. The molecule has 0 unspecified atom stereocenters. The summed E-state index contributed by atoms with van der Waals surface area (Å²) >= 11 is 0. The van der Waals surface area contributed by atoms with Crippen LogP contribution in [0.15, 0.2) is 42.7 Å². The lowest BCUT2D eigenvalue weighted by Gasteiger charge is -2.32. The third-order valence-corrected chi connectivity index (χ3v) is 6.81. The summed E-state index contributed by atoms with van der Waals surface area (Å²) in [6.07, 6.45) is 6.49. The predicted molar refractivity (Wildman–Crippen MR) is 136 cm³/mol. The van der Waals surface area contributed by atoms with E-state index in [1.54, 1.807) is 41.6 Å². The minimum atomic E-state index is -0.738. The number of fused-ring (bicyclic) bond motifs is 1. The van der Waals surface area contributed by atoms with E-state index in [0.29, 0.717) is 37.4 Å². The second-order valence-electron chi connectivity index (χ2n) is 9.73. The number of anilines is 2. The Morgan fingerprint density at radius 1 is 1.00 bits per heavy atom. The van der Waals surface area contributed by atoms with Gasteiger partial charge in [-0.1, -0.05) is 19.9 Å². The van der Waals surface area contributed by atoms with Gasteiger partial charge in [0.15, 0.2) is 0 Å². The summed E-state index contributed by atoms with van der Waals surface area (Å²) in [4.78, 5) is 57.7. The van der Waals surface area contributed by atoms with Gasteiger partial charge in [0.2, 0.25) is 5.91 Å². The smallest absolute Gasteiger partial charge is 0.313 e. The van der Waals surface area contributed by atoms with Crippen LogP contribution >= 0.6 is 0 Å². The van der Waals surface area contributed by atoms with Gasteiger partial charge in [0, 0.05) is 61.4 Å². The van der Waals surface area contributed by atoms with Crippen LogP contribution in [-0.4, -0.2) is 59.7 Å². The van der Waals surface area contributed by atoms with Gasteiger partial charge < -0.3 is 20.4 Å². The molecular formula is C27H33N5O4. The first kappa shape index (κ1) is 25.3. The molecule has 0 saturated carbocycles. The number of pyridine rings is 1. The third-order valence-electron chi connectivity index (χ3n) is 6.81. The van der Waals surface area contributed by atoms with Gasteiger partial charge in [-0.15, -0.1) is 0 Å². The number of carbonyl (C=O) groups is 4. The van der Waals surface area contributed by atoms with Gasteiger partial charge in [0.1, 0.15) is 0 Å². The van der Waals surface area contributed by atoms with E-state index in [4.69, 9.17) is 0 Å². The molecule has 1 saturated heterocycles. The number of hydrogen-bond acceptors (Lipinski definition) is 5. The monoisotopic (exact) mass is 491 g/mol. The lowest BCUT2D eigenvalue weighted by atomic mass is 9.96. The molecule has 9 heteroatoms. The minimum absolute atomic E-state index is 0.0158. The molecule has 4 amide bonds.